The van der Waals surface area contributed by atoms with Gasteiger partial charge in [-0.1, -0.05) is 11.6 Å². The Kier molecular flexibility index (Phi) is 2.78. The molecule has 1 nitrogen and oxygen atoms in total. The van der Waals surface area contributed by atoms with Crippen LogP contribution in [0.4, 0.5) is 13.2 Å². The van der Waals surface area contributed by atoms with Crippen molar-refractivity contribution in [3.05, 3.63) is 40.0 Å². The van der Waals surface area contributed by atoms with Crippen LogP contribution in [0.1, 0.15) is 16.7 Å². The minimum atomic E-state index is -4.37. The number of fused-ring (bicyclic) bond motifs is 1. The van der Waals surface area contributed by atoms with Crippen molar-refractivity contribution in [3.63, 3.8) is 0 Å². The largest absolute Gasteiger partial charge is 0.416 e. The van der Waals surface area contributed by atoms with E-state index in [4.69, 9.17) is 11.6 Å². The predicted molar refractivity (Wildman–Crippen MR) is 61.2 cm³/mol. The van der Waals surface area contributed by atoms with Crippen LogP contribution in [0.3, 0.4) is 0 Å². The average molecular weight is 260 g/mol. The van der Waals surface area contributed by atoms with Gasteiger partial charge in [0.25, 0.3) is 0 Å². The van der Waals surface area contributed by atoms with Crippen LogP contribution in [0.2, 0.25) is 5.02 Å². The Morgan fingerprint density at radius 3 is 2.35 bits per heavy atom. The number of benzene rings is 1. The third kappa shape index (κ3) is 2.09. The Morgan fingerprint density at radius 1 is 1.12 bits per heavy atom. The van der Waals surface area contributed by atoms with Gasteiger partial charge in [0.1, 0.15) is 0 Å². The van der Waals surface area contributed by atoms with Crippen LogP contribution in [0, 0.1) is 13.8 Å². The molecule has 0 aliphatic heterocycles. The van der Waals surface area contributed by atoms with Crippen LogP contribution in [0.15, 0.2) is 18.3 Å². The summed E-state index contributed by atoms with van der Waals surface area (Å²) in [5.41, 5.74) is 0.944. The molecule has 2 aromatic rings. The molecule has 0 N–H and O–H groups in total. The molecule has 5 heteroatoms. The molecule has 1 heterocycles. The molecule has 0 saturated heterocycles. The van der Waals surface area contributed by atoms with Gasteiger partial charge >= 0.3 is 6.18 Å². The third-order valence-electron chi connectivity index (χ3n) is 2.60. The second-order valence-electron chi connectivity index (χ2n) is 3.94. The number of hydrogen-bond acceptors (Lipinski definition) is 1. The maximum Gasteiger partial charge on any atom is 0.416 e. The number of hydrogen-bond donors (Lipinski definition) is 0. The highest BCUT2D eigenvalue weighted by Crippen LogP contribution is 2.35. The van der Waals surface area contributed by atoms with Gasteiger partial charge in [0.15, 0.2) is 0 Å². The second kappa shape index (κ2) is 3.88. The van der Waals surface area contributed by atoms with E-state index < -0.39 is 11.7 Å². The highest BCUT2D eigenvalue weighted by molar-refractivity contribution is 6.36. The lowest BCUT2D eigenvalue weighted by molar-refractivity contribution is -0.137. The zero-order valence-electron chi connectivity index (χ0n) is 9.19. The standard InChI is InChI=1S/C12H9ClF3N/c1-6-3-8(12(14,15)16)4-9-10(13)7(2)5-17-11(6)9/h3-5H,1-2H3. The quantitative estimate of drug-likeness (QED) is 0.678. The lowest BCUT2D eigenvalue weighted by Gasteiger charge is -2.11. The fourth-order valence-electron chi connectivity index (χ4n) is 1.71. The zero-order chi connectivity index (χ0) is 12.8. The Labute approximate surface area is 101 Å². The minimum absolute atomic E-state index is 0.323. The lowest BCUT2D eigenvalue weighted by atomic mass is 10.0. The van der Waals surface area contributed by atoms with Crippen molar-refractivity contribution in [1.82, 2.24) is 4.98 Å². The monoisotopic (exact) mass is 259 g/mol. The first kappa shape index (κ1) is 12.2. The van der Waals surface area contributed by atoms with Crippen molar-refractivity contribution in [2.45, 2.75) is 20.0 Å². The average Bonchev–Trinajstić information content (AvgIpc) is 2.22. The van der Waals surface area contributed by atoms with Gasteiger partial charge in [-0.15, -0.1) is 0 Å². The molecule has 0 fully saturated rings. The summed E-state index contributed by atoms with van der Waals surface area (Å²) in [4.78, 5) is 4.11. The maximum absolute atomic E-state index is 12.7. The molecule has 0 saturated carbocycles. The molecule has 0 aliphatic carbocycles. The summed E-state index contributed by atoms with van der Waals surface area (Å²) in [6.07, 6.45) is -2.81. The van der Waals surface area contributed by atoms with Crippen molar-refractivity contribution in [3.8, 4) is 0 Å². The molecule has 1 aromatic heterocycles. The maximum atomic E-state index is 12.7. The Hall–Kier alpha value is -1.29. The van der Waals surface area contributed by atoms with Crippen molar-refractivity contribution >= 4 is 22.5 Å². The molecule has 0 radical (unpaired) electrons. The lowest BCUT2D eigenvalue weighted by Crippen LogP contribution is -2.05. The number of pyridine rings is 1. The van der Waals surface area contributed by atoms with Gasteiger partial charge in [0.2, 0.25) is 0 Å². The fourth-order valence-corrected chi connectivity index (χ4v) is 1.91. The van der Waals surface area contributed by atoms with Crippen molar-refractivity contribution < 1.29 is 13.2 Å². The van der Waals surface area contributed by atoms with Gasteiger partial charge in [-0.3, -0.25) is 4.98 Å². The Bertz CT molecular complexity index is 590. The summed E-state index contributed by atoms with van der Waals surface area (Å²) in [6, 6.07) is 2.13. The summed E-state index contributed by atoms with van der Waals surface area (Å²) in [5.74, 6) is 0. The summed E-state index contributed by atoms with van der Waals surface area (Å²) < 4.78 is 38.0. The first-order chi connectivity index (χ1) is 7.80. The molecule has 0 aliphatic rings. The smallest absolute Gasteiger partial charge is 0.256 e. The van der Waals surface area contributed by atoms with Gasteiger partial charge in [-0.2, -0.15) is 13.2 Å². The van der Waals surface area contributed by atoms with Gasteiger partial charge in [-0.25, -0.2) is 0 Å². The van der Waals surface area contributed by atoms with E-state index >= 15 is 0 Å². The van der Waals surface area contributed by atoms with E-state index in [-0.39, 0.29) is 0 Å². The number of halogens is 4. The minimum Gasteiger partial charge on any atom is -0.256 e. The molecule has 90 valence electrons. The molecule has 0 unspecified atom stereocenters. The second-order valence-corrected chi connectivity index (χ2v) is 4.32. The topological polar surface area (TPSA) is 12.9 Å². The van der Waals surface area contributed by atoms with Crippen LogP contribution in [0.25, 0.3) is 10.9 Å². The fraction of sp³-hybridized carbons (Fsp3) is 0.250. The van der Waals surface area contributed by atoms with Gasteiger partial charge < -0.3 is 0 Å². The molecule has 0 spiro atoms. The summed E-state index contributed by atoms with van der Waals surface area (Å²) in [5, 5.41) is 0.670. The highest BCUT2D eigenvalue weighted by Gasteiger charge is 2.31. The van der Waals surface area contributed by atoms with E-state index in [1.807, 2.05) is 0 Å². The molecule has 0 atom stereocenters. The SMILES string of the molecule is Cc1cnc2c(C)cc(C(F)(F)F)cc2c1Cl. The van der Waals surface area contributed by atoms with Gasteiger partial charge in [-0.05, 0) is 37.1 Å². The van der Waals surface area contributed by atoms with Crippen LogP contribution in [0.5, 0.6) is 0 Å². The van der Waals surface area contributed by atoms with E-state index in [1.165, 1.54) is 0 Å². The van der Waals surface area contributed by atoms with Crippen LogP contribution < -0.4 is 0 Å². The molecule has 0 bridgehead atoms. The summed E-state index contributed by atoms with van der Waals surface area (Å²) in [7, 11) is 0. The predicted octanol–water partition coefficient (Wildman–Crippen LogP) is 4.52. The molecule has 17 heavy (non-hydrogen) atoms. The van der Waals surface area contributed by atoms with Crippen molar-refractivity contribution in [2.75, 3.05) is 0 Å². The first-order valence-electron chi connectivity index (χ1n) is 4.93. The normalized spacial score (nSPS) is 12.1. The molecule has 0 amide bonds. The van der Waals surface area contributed by atoms with Crippen molar-refractivity contribution in [1.29, 1.82) is 0 Å². The number of alkyl halides is 3. The first-order valence-corrected chi connectivity index (χ1v) is 5.31. The van der Waals surface area contributed by atoms with E-state index in [0.717, 1.165) is 12.1 Å². The Balaban J connectivity index is 2.84. The molecule has 1 aromatic carbocycles. The number of rotatable bonds is 0. The van der Waals surface area contributed by atoms with E-state index in [9.17, 15) is 13.2 Å². The number of aromatic nitrogens is 1. The molecular weight excluding hydrogens is 251 g/mol. The van der Waals surface area contributed by atoms with Crippen LogP contribution >= 0.6 is 11.6 Å². The number of nitrogens with zero attached hydrogens (tertiary/aromatic N) is 1. The van der Waals surface area contributed by atoms with Gasteiger partial charge in [0.05, 0.1) is 16.1 Å². The third-order valence-corrected chi connectivity index (χ3v) is 3.10. The Morgan fingerprint density at radius 2 is 1.76 bits per heavy atom. The number of aryl methyl sites for hydroxylation is 2. The molecule has 2 rings (SSSR count). The van der Waals surface area contributed by atoms with Crippen LogP contribution in [-0.4, -0.2) is 4.98 Å². The van der Waals surface area contributed by atoms with E-state index in [0.29, 0.717) is 27.1 Å². The van der Waals surface area contributed by atoms with Gasteiger partial charge in [0, 0.05) is 11.6 Å². The van der Waals surface area contributed by atoms with Crippen LogP contribution in [-0.2, 0) is 6.18 Å². The highest BCUT2D eigenvalue weighted by atomic mass is 35.5. The van der Waals surface area contributed by atoms with E-state index in [2.05, 4.69) is 4.98 Å². The summed E-state index contributed by atoms with van der Waals surface area (Å²) in [6.45, 7) is 3.31. The zero-order valence-corrected chi connectivity index (χ0v) is 9.95. The van der Waals surface area contributed by atoms with Crippen molar-refractivity contribution in [2.24, 2.45) is 0 Å². The summed E-state index contributed by atoms with van der Waals surface area (Å²) >= 11 is 6.01. The van der Waals surface area contributed by atoms with E-state index in [1.54, 1.807) is 20.0 Å². The molecular formula is C12H9ClF3N.